The van der Waals surface area contributed by atoms with Crippen molar-refractivity contribution in [1.82, 2.24) is 0 Å². The Morgan fingerprint density at radius 1 is 1.37 bits per heavy atom. The normalized spacial score (nSPS) is 19.7. The van der Waals surface area contributed by atoms with Gasteiger partial charge in [0.25, 0.3) is 5.91 Å². The molecule has 1 amide bonds. The number of hydrogen-bond acceptors (Lipinski definition) is 3. The van der Waals surface area contributed by atoms with Gasteiger partial charge in [0.05, 0.1) is 5.56 Å². The number of amides is 1. The highest BCUT2D eigenvalue weighted by Gasteiger charge is 2.32. The van der Waals surface area contributed by atoms with Crippen molar-refractivity contribution in [1.29, 1.82) is 0 Å². The molecule has 1 unspecified atom stereocenters. The largest absolute Gasteiger partial charge is 0.399 e. The molecule has 1 aliphatic heterocycles. The Kier molecular flexibility index (Phi) is 3.43. The Balaban J connectivity index is 2.27. The summed E-state index contributed by atoms with van der Waals surface area (Å²) >= 11 is 0. The maximum Gasteiger partial charge on any atom is 0.250 e. The standard InChI is InChI=1S/C15H23N3O/c1-15(2,3)10-6-7-18(9-10)13-5-4-11(16)8-12(13)14(17)19/h4-5,8,10H,6-7,9,16H2,1-3H3,(H2,17,19). The number of anilines is 2. The predicted molar refractivity (Wildman–Crippen MR) is 79.1 cm³/mol. The highest BCUT2D eigenvalue weighted by Crippen LogP contribution is 2.36. The van der Waals surface area contributed by atoms with Crippen LogP contribution in [0.15, 0.2) is 18.2 Å². The topological polar surface area (TPSA) is 72.3 Å². The molecule has 1 aliphatic rings. The van der Waals surface area contributed by atoms with E-state index in [0.717, 1.165) is 25.2 Å². The van der Waals surface area contributed by atoms with Crippen molar-refractivity contribution in [2.45, 2.75) is 27.2 Å². The van der Waals surface area contributed by atoms with Crippen molar-refractivity contribution in [3.8, 4) is 0 Å². The molecular weight excluding hydrogens is 238 g/mol. The molecule has 0 saturated carbocycles. The Labute approximate surface area is 114 Å². The lowest BCUT2D eigenvalue weighted by Crippen LogP contribution is -2.27. The van der Waals surface area contributed by atoms with Crippen molar-refractivity contribution in [2.24, 2.45) is 17.1 Å². The first-order valence-electron chi connectivity index (χ1n) is 6.73. The third-order valence-electron chi connectivity index (χ3n) is 4.04. The highest BCUT2D eigenvalue weighted by atomic mass is 16.1. The summed E-state index contributed by atoms with van der Waals surface area (Å²) in [5.41, 5.74) is 13.5. The lowest BCUT2D eigenvalue weighted by atomic mass is 9.80. The summed E-state index contributed by atoms with van der Waals surface area (Å²) in [6, 6.07) is 5.40. The number of rotatable bonds is 2. The number of carbonyl (C=O) groups excluding carboxylic acids is 1. The number of hydrogen-bond donors (Lipinski definition) is 2. The molecule has 19 heavy (non-hydrogen) atoms. The molecular formula is C15H23N3O. The number of primary amides is 1. The lowest BCUT2D eigenvalue weighted by molar-refractivity contribution is 0.100. The molecule has 0 aromatic heterocycles. The van der Waals surface area contributed by atoms with E-state index < -0.39 is 5.91 Å². The van der Waals surface area contributed by atoms with Crippen LogP contribution in [0.4, 0.5) is 11.4 Å². The average Bonchev–Trinajstić information content (AvgIpc) is 2.77. The summed E-state index contributed by atoms with van der Waals surface area (Å²) in [7, 11) is 0. The van der Waals surface area contributed by atoms with Gasteiger partial charge in [-0.25, -0.2) is 0 Å². The molecule has 2 rings (SSSR count). The molecule has 0 aliphatic carbocycles. The minimum absolute atomic E-state index is 0.287. The van der Waals surface area contributed by atoms with Crippen LogP contribution in [0.3, 0.4) is 0 Å². The minimum Gasteiger partial charge on any atom is -0.399 e. The van der Waals surface area contributed by atoms with Gasteiger partial charge in [0.1, 0.15) is 0 Å². The zero-order chi connectivity index (χ0) is 14.2. The molecule has 1 aromatic carbocycles. The Morgan fingerprint density at radius 2 is 2.05 bits per heavy atom. The fourth-order valence-corrected chi connectivity index (χ4v) is 2.71. The van der Waals surface area contributed by atoms with E-state index in [-0.39, 0.29) is 5.41 Å². The molecule has 104 valence electrons. The third kappa shape index (κ3) is 2.83. The fourth-order valence-electron chi connectivity index (χ4n) is 2.71. The number of carbonyl (C=O) groups is 1. The van der Waals surface area contributed by atoms with Crippen molar-refractivity contribution in [3.63, 3.8) is 0 Å². The smallest absolute Gasteiger partial charge is 0.250 e. The number of nitrogens with two attached hydrogens (primary N) is 2. The Bertz CT molecular complexity index is 491. The quantitative estimate of drug-likeness (QED) is 0.802. The second-order valence-corrected chi connectivity index (χ2v) is 6.44. The van der Waals surface area contributed by atoms with Crippen molar-refractivity contribution in [2.75, 3.05) is 23.7 Å². The van der Waals surface area contributed by atoms with Crippen LogP contribution in [0.1, 0.15) is 37.6 Å². The van der Waals surface area contributed by atoms with Crippen LogP contribution < -0.4 is 16.4 Å². The van der Waals surface area contributed by atoms with E-state index in [1.165, 1.54) is 0 Å². The van der Waals surface area contributed by atoms with Gasteiger partial charge in [-0.3, -0.25) is 4.79 Å². The van der Waals surface area contributed by atoms with Gasteiger partial charge in [0, 0.05) is 24.5 Å². The molecule has 0 bridgehead atoms. The van der Waals surface area contributed by atoms with E-state index in [2.05, 4.69) is 25.7 Å². The van der Waals surface area contributed by atoms with Gasteiger partial charge in [-0.2, -0.15) is 0 Å². The van der Waals surface area contributed by atoms with E-state index in [9.17, 15) is 4.79 Å². The molecule has 0 radical (unpaired) electrons. The van der Waals surface area contributed by atoms with Crippen LogP contribution in [0.25, 0.3) is 0 Å². The second-order valence-electron chi connectivity index (χ2n) is 6.44. The Hall–Kier alpha value is -1.71. The first-order valence-corrected chi connectivity index (χ1v) is 6.73. The van der Waals surface area contributed by atoms with E-state index in [0.29, 0.717) is 17.2 Å². The van der Waals surface area contributed by atoms with E-state index in [1.54, 1.807) is 6.07 Å². The number of nitrogen functional groups attached to an aromatic ring is 1. The molecule has 0 spiro atoms. The van der Waals surface area contributed by atoms with Crippen LogP contribution in [-0.2, 0) is 0 Å². The van der Waals surface area contributed by atoms with Crippen LogP contribution in [0.2, 0.25) is 0 Å². The van der Waals surface area contributed by atoms with E-state index >= 15 is 0 Å². The maximum atomic E-state index is 11.5. The van der Waals surface area contributed by atoms with Gasteiger partial charge in [0.15, 0.2) is 0 Å². The summed E-state index contributed by atoms with van der Waals surface area (Å²) in [6.07, 6.45) is 1.14. The summed E-state index contributed by atoms with van der Waals surface area (Å²) in [6.45, 7) is 8.72. The van der Waals surface area contributed by atoms with Crippen LogP contribution in [0.5, 0.6) is 0 Å². The first-order chi connectivity index (χ1) is 8.79. The zero-order valence-electron chi connectivity index (χ0n) is 11.9. The first kappa shape index (κ1) is 13.7. The summed E-state index contributed by atoms with van der Waals surface area (Å²) in [5, 5.41) is 0. The molecule has 1 saturated heterocycles. The SMILES string of the molecule is CC(C)(C)C1CCN(c2ccc(N)cc2C(N)=O)C1. The summed E-state index contributed by atoms with van der Waals surface area (Å²) in [5.74, 6) is 0.215. The van der Waals surface area contributed by atoms with Crippen molar-refractivity contribution >= 4 is 17.3 Å². The van der Waals surface area contributed by atoms with E-state index in [4.69, 9.17) is 11.5 Å². The maximum absolute atomic E-state index is 11.5. The van der Waals surface area contributed by atoms with Gasteiger partial charge in [-0.1, -0.05) is 20.8 Å². The van der Waals surface area contributed by atoms with Crippen LogP contribution >= 0.6 is 0 Å². The van der Waals surface area contributed by atoms with Gasteiger partial charge in [0.2, 0.25) is 0 Å². The lowest BCUT2D eigenvalue weighted by Gasteiger charge is -2.28. The molecule has 4 N–H and O–H groups in total. The summed E-state index contributed by atoms with van der Waals surface area (Å²) in [4.78, 5) is 13.8. The van der Waals surface area contributed by atoms with Gasteiger partial charge in [-0.15, -0.1) is 0 Å². The average molecular weight is 261 g/mol. The monoisotopic (exact) mass is 261 g/mol. The predicted octanol–water partition coefficient (Wildman–Crippen LogP) is 2.24. The van der Waals surface area contributed by atoms with Gasteiger partial charge < -0.3 is 16.4 Å². The minimum atomic E-state index is -0.415. The van der Waals surface area contributed by atoms with Crippen LogP contribution in [-0.4, -0.2) is 19.0 Å². The van der Waals surface area contributed by atoms with Gasteiger partial charge in [-0.05, 0) is 36.0 Å². The fraction of sp³-hybridized carbons (Fsp3) is 0.533. The molecule has 1 aromatic rings. The van der Waals surface area contributed by atoms with Gasteiger partial charge >= 0.3 is 0 Å². The second kappa shape index (κ2) is 4.76. The Morgan fingerprint density at radius 3 is 2.58 bits per heavy atom. The number of benzene rings is 1. The van der Waals surface area contributed by atoms with E-state index in [1.807, 2.05) is 12.1 Å². The van der Waals surface area contributed by atoms with Crippen molar-refractivity contribution in [3.05, 3.63) is 23.8 Å². The molecule has 4 heteroatoms. The highest BCUT2D eigenvalue weighted by molar-refractivity contribution is 5.99. The van der Waals surface area contributed by atoms with Crippen LogP contribution in [0, 0.1) is 11.3 Å². The summed E-state index contributed by atoms with van der Waals surface area (Å²) < 4.78 is 0. The van der Waals surface area contributed by atoms with Crippen molar-refractivity contribution < 1.29 is 4.79 Å². The molecule has 4 nitrogen and oxygen atoms in total. The number of nitrogens with zero attached hydrogens (tertiary/aromatic N) is 1. The third-order valence-corrected chi connectivity index (χ3v) is 4.04. The molecule has 1 atom stereocenters. The molecule has 1 fully saturated rings. The molecule has 1 heterocycles. The zero-order valence-corrected chi connectivity index (χ0v) is 11.9.